The normalized spacial score (nSPS) is 22.9. The van der Waals surface area contributed by atoms with E-state index < -0.39 is 5.60 Å². The molecule has 1 aliphatic rings. The lowest BCUT2D eigenvalue weighted by Gasteiger charge is -2.32. The minimum Gasteiger partial charge on any atom is -0.378 e. The summed E-state index contributed by atoms with van der Waals surface area (Å²) in [5, 5.41) is 9.73. The van der Waals surface area contributed by atoms with Gasteiger partial charge in [-0.25, -0.2) is 0 Å². The van der Waals surface area contributed by atoms with Gasteiger partial charge in [0.2, 0.25) is 0 Å². The molecule has 0 saturated carbocycles. The van der Waals surface area contributed by atoms with Crippen LogP contribution >= 0.6 is 0 Å². The van der Waals surface area contributed by atoms with Crippen molar-refractivity contribution in [2.45, 2.75) is 64.9 Å². The van der Waals surface area contributed by atoms with Gasteiger partial charge in [-0.15, -0.1) is 0 Å². The molecule has 1 aliphatic carbocycles. The van der Waals surface area contributed by atoms with Crippen molar-refractivity contribution in [3.05, 3.63) is 34.9 Å². The van der Waals surface area contributed by atoms with Gasteiger partial charge in [0, 0.05) is 5.56 Å². The minimum atomic E-state index is -0.943. The first-order valence-electron chi connectivity index (χ1n) is 7.37. The Morgan fingerprint density at radius 1 is 1.05 bits per heavy atom. The highest BCUT2D eigenvalue weighted by atomic mass is 16.3. The third-order valence-electron chi connectivity index (χ3n) is 5.09. The summed E-state index contributed by atoms with van der Waals surface area (Å²) < 4.78 is 0. The summed E-state index contributed by atoms with van der Waals surface area (Å²) in [7, 11) is 0. The van der Waals surface area contributed by atoms with E-state index in [0.717, 1.165) is 5.56 Å². The largest absolute Gasteiger partial charge is 0.378 e. The predicted octanol–water partition coefficient (Wildman–Crippen LogP) is 4.01. The molecule has 20 heavy (non-hydrogen) atoms. The van der Waals surface area contributed by atoms with Gasteiger partial charge in [0.15, 0.2) is 0 Å². The van der Waals surface area contributed by atoms with Gasteiger partial charge in [0.05, 0.1) is 0 Å². The summed E-state index contributed by atoms with van der Waals surface area (Å²) in [4.78, 5) is 0. The highest BCUT2D eigenvalue weighted by Crippen LogP contribution is 2.53. The van der Waals surface area contributed by atoms with Crippen molar-refractivity contribution in [2.24, 2.45) is 5.92 Å². The van der Waals surface area contributed by atoms with E-state index in [0.29, 0.717) is 5.92 Å². The fraction of sp³-hybridized carbons (Fsp3) is 0.579. The zero-order valence-electron chi connectivity index (χ0n) is 13.8. The van der Waals surface area contributed by atoms with Crippen LogP contribution in [0.5, 0.6) is 0 Å². The van der Waals surface area contributed by atoms with Crippen LogP contribution < -0.4 is 0 Å². The number of fused-ring (bicyclic) bond motifs is 1. The maximum absolute atomic E-state index is 9.73. The van der Waals surface area contributed by atoms with Gasteiger partial charge in [-0.05, 0) is 53.9 Å². The van der Waals surface area contributed by atoms with E-state index in [9.17, 15) is 5.11 Å². The van der Waals surface area contributed by atoms with Gasteiger partial charge in [-0.1, -0.05) is 52.5 Å². The smallest absolute Gasteiger partial charge is 0.120 e. The Labute approximate surface area is 123 Å². The number of rotatable bonds is 0. The summed E-state index contributed by atoms with van der Waals surface area (Å²) in [6.07, 6.45) is 0. The third-order valence-corrected chi connectivity index (χ3v) is 5.09. The third kappa shape index (κ3) is 2.38. The molecule has 1 N–H and O–H groups in total. The topological polar surface area (TPSA) is 20.2 Å². The van der Waals surface area contributed by atoms with Crippen LogP contribution in [-0.4, -0.2) is 10.7 Å². The Hall–Kier alpha value is -1.26. The van der Waals surface area contributed by atoms with Crippen LogP contribution in [0.2, 0.25) is 0 Å². The lowest BCUT2D eigenvalue weighted by molar-refractivity contribution is 0.143. The number of hydrogen-bond acceptors (Lipinski definition) is 1. The van der Waals surface area contributed by atoms with Crippen molar-refractivity contribution < 1.29 is 5.11 Å². The number of aliphatic hydroxyl groups is 1. The first-order valence-corrected chi connectivity index (χ1v) is 7.37. The first kappa shape index (κ1) is 15.1. The number of benzene rings is 1. The summed E-state index contributed by atoms with van der Waals surface area (Å²) in [5.41, 5.74) is 3.23. The second-order valence-electron chi connectivity index (χ2n) is 7.73. The molecular weight excluding hydrogens is 244 g/mol. The van der Waals surface area contributed by atoms with E-state index in [4.69, 9.17) is 0 Å². The van der Waals surface area contributed by atoms with Gasteiger partial charge in [-0.2, -0.15) is 0 Å². The summed E-state index contributed by atoms with van der Waals surface area (Å²) in [6.45, 7) is 15.0. The monoisotopic (exact) mass is 270 g/mol. The van der Waals surface area contributed by atoms with E-state index in [2.05, 4.69) is 64.7 Å². The molecular formula is C19H26O. The van der Waals surface area contributed by atoms with Crippen molar-refractivity contribution in [2.75, 3.05) is 0 Å². The van der Waals surface area contributed by atoms with Gasteiger partial charge < -0.3 is 5.11 Å². The second kappa shape index (κ2) is 4.37. The standard InChI is InChI=1S/C19H26O/c1-13-18(4,5)15-9-8-14(10-11-17(2,3)20)12-16(15)19(13,6)7/h8-9,12-13,20H,1-7H3. The van der Waals surface area contributed by atoms with Gasteiger partial charge in [-0.3, -0.25) is 0 Å². The van der Waals surface area contributed by atoms with Crippen molar-refractivity contribution in [3.8, 4) is 11.8 Å². The summed E-state index contributed by atoms with van der Waals surface area (Å²) in [6, 6.07) is 6.50. The van der Waals surface area contributed by atoms with Crippen LogP contribution in [0, 0.1) is 17.8 Å². The van der Waals surface area contributed by atoms with E-state index in [1.165, 1.54) is 11.1 Å². The fourth-order valence-electron chi connectivity index (χ4n) is 3.31. The average molecular weight is 270 g/mol. The molecule has 0 bridgehead atoms. The molecule has 1 aromatic rings. The van der Waals surface area contributed by atoms with Gasteiger partial charge in [0.25, 0.3) is 0 Å². The molecule has 1 atom stereocenters. The Morgan fingerprint density at radius 2 is 1.60 bits per heavy atom. The van der Waals surface area contributed by atoms with Crippen molar-refractivity contribution in [3.63, 3.8) is 0 Å². The van der Waals surface area contributed by atoms with Gasteiger partial charge in [0.1, 0.15) is 5.60 Å². The molecule has 108 valence electrons. The van der Waals surface area contributed by atoms with E-state index in [1.807, 2.05) is 0 Å². The van der Waals surface area contributed by atoms with Crippen LogP contribution in [-0.2, 0) is 10.8 Å². The zero-order valence-corrected chi connectivity index (χ0v) is 13.8. The SMILES string of the molecule is CC1C(C)(C)c2ccc(C#CC(C)(C)O)cc2C1(C)C. The van der Waals surface area contributed by atoms with Crippen LogP contribution in [0.1, 0.15) is 65.2 Å². The van der Waals surface area contributed by atoms with Crippen molar-refractivity contribution in [1.82, 2.24) is 0 Å². The molecule has 0 fully saturated rings. The predicted molar refractivity (Wildman–Crippen MR) is 84.8 cm³/mol. The average Bonchev–Trinajstić information content (AvgIpc) is 2.45. The Kier molecular flexibility index (Phi) is 3.30. The maximum Gasteiger partial charge on any atom is 0.120 e. The fourth-order valence-corrected chi connectivity index (χ4v) is 3.31. The Balaban J connectivity index is 2.53. The lowest BCUT2D eigenvalue weighted by Crippen LogP contribution is -2.30. The molecule has 0 heterocycles. The molecule has 0 aliphatic heterocycles. The highest BCUT2D eigenvalue weighted by Gasteiger charge is 2.48. The molecule has 0 amide bonds. The quantitative estimate of drug-likeness (QED) is 0.706. The molecule has 1 unspecified atom stereocenters. The second-order valence-corrected chi connectivity index (χ2v) is 7.73. The van der Waals surface area contributed by atoms with Crippen molar-refractivity contribution >= 4 is 0 Å². The molecule has 0 saturated heterocycles. The van der Waals surface area contributed by atoms with E-state index >= 15 is 0 Å². The molecule has 1 nitrogen and oxygen atoms in total. The van der Waals surface area contributed by atoms with Crippen LogP contribution in [0.4, 0.5) is 0 Å². The molecule has 0 spiro atoms. The molecule has 2 rings (SSSR count). The molecule has 1 heteroatoms. The maximum atomic E-state index is 9.73. The van der Waals surface area contributed by atoms with Crippen LogP contribution in [0.25, 0.3) is 0 Å². The molecule has 0 radical (unpaired) electrons. The van der Waals surface area contributed by atoms with Crippen LogP contribution in [0.15, 0.2) is 18.2 Å². The molecule has 0 aromatic heterocycles. The van der Waals surface area contributed by atoms with Gasteiger partial charge >= 0.3 is 0 Å². The van der Waals surface area contributed by atoms with Crippen LogP contribution in [0.3, 0.4) is 0 Å². The molecule has 1 aromatic carbocycles. The van der Waals surface area contributed by atoms with E-state index in [1.54, 1.807) is 13.8 Å². The van der Waals surface area contributed by atoms with E-state index in [-0.39, 0.29) is 10.8 Å². The lowest BCUT2D eigenvalue weighted by atomic mass is 9.71. The first-order chi connectivity index (χ1) is 8.96. The Bertz CT molecular complexity index is 588. The highest BCUT2D eigenvalue weighted by molar-refractivity contribution is 5.51. The summed E-state index contributed by atoms with van der Waals surface area (Å²) in [5.74, 6) is 6.57. The van der Waals surface area contributed by atoms with Crippen molar-refractivity contribution in [1.29, 1.82) is 0 Å². The zero-order chi connectivity index (χ0) is 15.3. The summed E-state index contributed by atoms with van der Waals surface area (Å²) >= 11 is 0. The minimum absolute atomic E-state index is 0.158. The number of hydrogen-bond donors (Lipinski definition) is 1. The Morgan fingerprint density at radius 3 is 2.15 bits per heavy atom.